The first kappa shape index (κ1) is 18.7. The Bertz CT molecular complexity index is 798. The van der Waals surface area contributed by atoms with Gasteiger partial charge in [0.2, 0.25) is 0 Å². The van der Waals surface area contributed by atoms with Crippen molar-refractivity contribution in [1.29, 1.82) is 0 Å². The van der Waals surface area contributed by atoms with E-state index < -0.39 is 5.91 Å². The fourth-order valence-corrected chi connectivity index (χ4v) is 3.40. The van der Waals surface area contributed by atoms with Gasteiger partial charge in [0.05, 0.1) is 15.7 Å². The van der Waals surface area contributed by atoms with Crippen LogP contribution in [0.3, 0.4) is 0 Å². The van der Waals surface area contributed by atoms with Crippen LogP contribution in [0.25, 0.3) is 0 Å². The number of pyridine rings is 1. The van der Waals surface area contributed by atoms with Crippen LogP contribution >= 0.6 is 23.2 Å². The molecule has 2 amide bonds. The van der Waals surface area contributed by atoms with E-state index in [1.54, 1.807) is 36.4 Å². The number of carbonyl (C=O) groups is 2. The summed E-state index contributed by atoms with van der Waals surface area (Å²) in [6.45, 7) is 1.46. The first-order chi connectivity index (χ1) is 12.6. The summed E-state index contributed by atoms with van der Waals surface area (Å²) in [7, 11) is 0. The highest BCUT2D eigenvalue weighted by Gasteiger charge is 2.20. The topological polar surface area (TPSA) is 62.3 Å². The summed E-state index contributed by atoms with van der Waals surface area (Å²) in [4.78, 5) is 31.2. The van der Waals surface area contributed by atoms with Crippen LogP contribution in [0.5, 0.6) is 0 Å². The van der Waals surface area contributed by atoms with E-state index in [0.717, 1.165) is 38.8 Å². The average Bonchev–Trinajstić information content (AvgIpc) is 2.93. The van der Waals surface area contributed by atoms with Crippen molar-refractivity contribution in [2.75, 3.05) is 18.4 Å². The molecule has 0 unspecified atom stereocenters. The van der Waals surface area contributed by atoms with Crippen molar-refractivity contribution in [1.82, 2.24) is 9.88 Å². The highest BCUT2D eigenvalue weighted by molar-refractivity contribution is 6.40. The number of para-hydroxylation sites is 1. The van der Waals surface area contributed by atoms with Gasteiger partial charge in [-0.2, -0.15) is 0 Å². The maximum Gasteiger partial charge on any atom is 0.274 e. The van der Waals surface area contributed by atoms with Crippen molar-refractivity contribution in [3.05, 3.63) is 57.8 Å². The molecule has 0 aliphatic carbocycles. The van der Waals surface area contributed by atoms with Gasteiger partial charge in [0, 0.05) is 13.1 Å². The van der Waals surface area contributed by atoms with Crippen LogP contribution in [-0.4, -0.2) is 34.8 Å². The van der Waals surface area contributed by atoms with E-state index in [-0.39, 0.29) is 17.3 Å². The molecular weight excluding hydrogens is 373 g/mol. The van der Waals surface area contributed by atoms with Gasteiger partial charge in [-0.25, -0.2) is 4.98 Å². The fraction of sp³-hybridized carbons (Fsp3) is 0.316. The van der Waals surface area contributed by atoms with Crippen LogP contribution < -0.4 is 5.32 Å². The summed E-state index contributed by atoms with van der Waals surface area (Å²) in [5.74, 6) is -0.608. The van der Waals surface area contributed by atoms with Crippen molar-refractivity contribution in [2.45, 2.75) is 25.7 Å². The molecule has 1 aliphatic heterocycles. The monoisotopic (exact) mass is 391 g/mol. The molecule has 5 nitrogen and oxygen atoms in total. The highest BCUT2D eigenvalue weighted by Crippen LogP contribution is 2.30. The third-order valence-electron chi connectivity index (χ3n) is 4.30. The molecular formula is C19H19Cl2N3O2. The number of rotatable bonds is 3. The molecule has 1 N–H and O–H groups in total. The number of likely N-dealkylation sites (tertiary alicyclic amines) is 1. The van der Waals surface area contributed by atoms with Gasteiger partial charge in [0.25, 0.3) is 11.8 Å². The molecule has 136 valence electrons. The van der Waals surface area contributed by atoms with E-state index in [2.05, 4.69) is 10.3 Å². The number of nitrogens with zero attached hydrogens (tertiary/aromatic N) is 2. The molecule has 1 aromatic heterocycles. The lowest BCUT2D eigenvalue weighted by atomic mass is 10.2. The quantitative estimate of drug-likeness (QED) is 0.827. The minimum absolute atomic E-state index is 0.140. The normalized spacial score (nSPS) is 14.6. The van der Waals surface area contributed by atoms with Gasteiger partial charge in [-0.3, -0.25) is 9.59 Å². The number of amides is 2. The fourth-order valence-electron chi connectivity index (χ4n) is 2.91. The second kappa shape index (κ2) is 8.52. The number of anilines is 1. The van der Waals surface area contributed by atoms with Gasteiger partial charge in [0.1, 0.15) is 11.4 Å². The number of nitrogens with one attached hydrogen (secondary N) is 1. The zero-order valence-corrected chi connectivity index (χ0v) is 15.7. The van der Waals surface area contributed by atoms with E-state index in [0.29, 0.717) is 15.7 Å². The van der Waals surface area contributed by atoms with Gasteiger partial charge < -0.3 is 10.2 Å². The molecule has 0 saturated carbocycles. The van der Waals surface area contributed by atoms with Crippen molar-refractivity contribution >= 4 is 40.7 Å². The minimum atomic E-state index is -0.467. The Morgan fingerprint density at radius 3 is 2.12 bits per heavy atom. The summed E-state index contributed by atoms with van der Waals surface area (Å²) >= 11 is 12.2. The number of hydrogen-bond donors (Lipinski definition) is 1. The minimum Gasteiger partial charge on any atom is -0.337 e. The Morgan fingerprint density at radius 1 is 0.885 bits per heavy atom. The Labute approximate surface area is 162 Å². The van der Waals surface area contributed by atoms with Gasteiger partial charge in [-0.15, -0.1) is 0 Å². The van der Waals surface area contributed by atoms with E-state index in [1.165, 1.54) is 0 Å². The Kier molecular flexibility index (Phi) is 6.12. The van der Waals surface area contributed by atoms with E-state index in [9.17, 15) is 9.59 Å². The predicted octanol–water partition coefficient (Wildman–Crippen LogP) is 4.66. The third-order valence-corrected chi connectivity index (χ3v) is 4.93. The lowest BCUT2D eigenvalue weighted by Crippen LogP contribution is -2.32. The summed E-state index contributed by atoms with van der Waals surface area (Å²) in [5.41, 5.74) is 0.735. The average molecular weight is 392 g/mol. The molecule has 1 aromatic carbocycles. The lowest BCUT2D eigenvalue weighted by Gasteiger charge is -2.19. The Balaban J connectivity index is 1.78. The van der Waals surface area contributed by atoms with Crippen molar-refractivity contribution < 1.29 is 9.59 Å². The molecule has 0 bridgehead atoms. The maximum absolute atomic E-state index is 12.7. The van der Waals surface area contributed by atoms with Crippen LogP contribution in [0.1, 0.15) is 46.7 Å². The number of aromatic nitrogens is 1. The maximum atomic E-state index is 12.7. The summed E-state index contributed by atoms with van der Waals surface area (Å²) in [6, 6.07) is 9.80. The molecule has 3 rings (SSSR count). The molecule has 1 aliphatic rings. The molecule has 2 aromatic rings. The Hall–Kier alpha value is -2.11. The standard InChI is InChI=1S/C19H19Cl2N3O2/c20-13-7-5-8-14(21)17(13)23-18(25)15-9-6-10-16(22-15)19(26)24-11-3-1-2-4-12-24/h5-10H,1-4,11-12H2,(H,23,25). The first-order valence-electron chi connectivity index (χ1n) is 8.58. The zero-order chi connectivity index (χ0) is 18.5. The predicted molar refractivity (Wildman–Crippen MR) is 103 cm³/mol. The second-order valence-electron chi connectivity index (χ2n) is 6.17. The summed E-state index contributed by atoms with van der Waals surface area (Å²) in [6.07, 6.45) is 4.27. The number of carbonyl (C=O) groups excluding carboxylic acids is 2. The van der Waals surface area contributed by atoms with Crippen LogP contribution in [0.15, 0.2) is 36.4 Å². The third kappa shape index (κ3) is 4.34. The summed E-state index contributed by atoms with van der Waals surface area (Å²) in [5, 5.41) is 3.33. The second-order valence-corrected chi connectivity index (χ2v) is 6.98. The molecule has 1 saturated heterocycles. The van der Waals surface area contributed by atoms with Gasteiger partial charge in [-0.1, -0.05) is 48.2 Å². The molecule has 0 spiro atoms. The largest absolute Gasteiger partial charge is 0.337 e. The van der Waals surface area contributed by atoms with Gasteiger partial charge in [-0.05, 0) is 37.1 Å². The van der Waals surface area contributed by atoms with E-state index in [4.69, 9.17) is 23.2 Å². The molecule has 7 heteroatoms. The van der Waals surface area contributed by atoms with Gasteiger partial charge >= 0.3 is 0 Å². The lowest BCUT2D eigenvalue weighted by molar-refractivity contribution is 0.0755. The van der Waals surface area contributed by atoms with Crippen LogP contribution in [0, 0.1) is 0 Å². The smallest absolute Gasteiger partial charge is 0.274 e. The SMILES string of the molecule is O=C(Nc1c(Cl)cccc1Cl)c1cccc(C(=O)N2CCCCCC2)n1. The zero-order valence-electron chi connectivity index (χ0n) is 14.2. The molecule has 0 radical (unpaired) electrons. The number of benzene rings is 1. The molecule has 0 atom stereocenters. The summed E-state index contributed by atoms with van der Waals surface area (Å²) < 4.78 is 0. The number of hydrogen-bond acceptors (Lipinski definition) is 3. The van der Waals surface area contributed by atoms with Crippen molar-refractivity contribution in [3.63, 3.8) is 0 Å². The van der Waals surface area contributed by atoms with Gasteiger partial charge in [0.15, 0.2) is 0 Å². The first-order valence-corrected chi connectivity index (χ1v) is 9.33. The van der Waals surface area contributed by atoms with Crippen LogP contribution in [-0.2, 0) is 0 Å². The highest BCUT2D eigenvalue weighted by atomic mass is 35.5. The van der Waals surface area contributed by atoms with E-state index in [1.807, 2.05) is 4.90 Å². The molecule has 1 fully saturated rings. The van der Waals surface area contributed by atoms with E-state index >= 15 is 0 Å². The van der Waals surface area contributed by atoms with Crippen molar-refractivity contribution in [3.8, 4) is 0 Å². The van der Waals surface area contributed by atoms with Crippen molar-refractivity contribution in [2.24, 2.45) is 0 Å². The Morgan fingerprint density at radius 2 is 1.46 bits per heavy atom. The number of halogens is 2. The van der Waals surface area contributed by atoms with Crippen LogP contribution in [0.4, 0.5) is 5.69 Å². The molecule has 26 heavy (non-hydrogen) atoms. The van der Waals surface area contributed by atoms with Crippen LogP contribution in [0.2, 0.25) is 10.0 Å². The molecule has 2 heterocycles.